The number of methoxy groups -OCH3 is 2. The molecular formula is C17H22O4. The van der Waals surface area contributed by atoms with Gasteiger partial charge in [-0.25, -0.2) is 0 Å². The molecule has 2 fully saturated rings. The van der Waals surface area contributed by atoms with Gasteiger partial charge in [-0.05, 0) is 44.2 Å². The Hall–Kier alpha value is -1.55. The van der Waals surface area contributed by atoms with Crippen LogP contribution in [0.25, 0.3) is 0 Å². The Morgan fingerprint density at radius 1 is 1.29 bits per heavy atom. The van der Waals surface area contributed by atoms with Crippen LogP contribution in [0.15, 0.2) is 18.2 Å². The number of Topliss-reactive ketones (excluding diaryl/α,β-unsaturated/α-hetero) is 1. The number of ether oxygens (including phenoxy) is 3. The van der Waals surface area contributed by atoms with Gasteiger partial charge in [0.2, 0.25) is 0 Å². The van der Waals surface area contributed by atoms with Gasteiger partial charge in [-0.1, -0.05) is 6.07 Å². The maximum absolute atomic E-state index is 12.9. The van der Waals surface area contributed by atoms with Crippen molar-refractivity contribution < 1.29 is 19.0 Å². The van der Waals surface area contributed by atoms with E-state index in [1.54, 1.807) is 14.2 Å². The summed E-state index contributed by atoms with van der Waals surface area (Å²) < 4.78 is 16.6. The van der Waals surface area contributed by atoms with Crippen molar-refractivity contribution in [2.45, 2.75) is 37.7 Å². The molecule has 0 bridgehead atoms. The van der Waals surface area contributed by atoms with Gasteiger partial charge in [0, 0.05) is 12.5 Å². The molecule has 1 unspecified atom stereocenters. The number of hydrogen-bond donors (Lipinski definition) is 0. The summed E-state index contributed by atoms with van der Waals surface area (Å²) in [7, 11) is 3.16. The molecule has 1 aromatic carbocycles. The molecule has 0 aromatic heterocycles. The average molecular weight is 290 g/mol. The normalized spacial score (nSPS) is 23.4. The summed E-state index contributed by atoms with van der Waals surface area (Å²) in [5, 5.41) is 0. The van der Waals surface area contributed by atoms with E-state index in [-0.39, 0.29) is 17.3 Å². The van der Waals surface area contributed by atoms with Crippen LogP contribution >= 0.6 is 0 Å². The topological polar surface area (TPSA) is 44.8 Å². The standard InChI is InChI=1S/C17H22O4/c1-19-14-6-3-5-13(16(14)20-2)15(18)12-7-10-21-17(11-12)8-4-9-17/h3,5-6,12H,4,7-11H2,1-2H3. The lowest BCUT2D eigenvalue weighted by Crippen LogP contribution is -2.47. The van der Waals surface area contributed by atoms with Crippen LogP contribution in [0.4, 0.5) is 0 Å². The molecule has 2 aliphatic rings. The second-order valence-corrected chi connectivity index (χ2v) is 5.98. The largest absolute Gasteiger partial charge is 0.493 e. The van der Waals surface area contributed by atoms with Crippen LogP contribution < -0.4 is 9.47 Å². The predicted octanol–water partition coefficient (Wildman–Crippen LogP) is 3.24. The number of para-hydroxylation sites is 1. The smallest absolute Gasteiger partial charge is 0.171 e. The van der Waals surface area contributed by atoms with Crippen LogP contribution in [0.2, 0.25) is 0 Å². The Bertz CT molecular complexity index is 534. The molecule has 0 radical (unpaired) electrons. The van der Waals surface area contributed by atoms with Crippen LogP contribution in [0.3, 0.4) is 0 Å². The zero-order chi connectivity index (χ0) is 14.9. The fraction of sp³-hybridized carbons (Fsp3) is 0.588. The first-order chi connectivity index (χ1) is 10.2. The third-order valence-electron chi connectivity index (χ3n) is 4.80. The molecule has 3 rings (SSSR count). The van der Waals surface area contributed by atoms with Gasteiger partial charge >= 0.3 is 0 Å². The Kier molecular flexibility index (Phi) is 3.89. The summed E-state index contributed by atoms with van der Waals surface area (Å²) in [6, 6.07) is 5.48. The minimum Gasteiger partial charge on any atom is -0.493 e. The molecule has 114 valence electrons. The Morgan fingerprint density at radius 2 is 2.10 bits per heavy atom. The first kappa shape index (κ1) is 14.4. The number of ketones is 1. The highest BCUT2D eigenvalue weighted by Crippen LogP contribution is 2.45. The highest BCUT2D eigenvalue weighted by molar-refractivity contribution is 6.01. The fourth-order valence-corrected chi connectivity index (χ4v) is 3.47. The number of carbonyl (C=O) groups excluding carboxylic acids is 1. The molecule has 0 amide bonds. The van der Waals surface area contributed by atoms with Crippen molar-refractivity contribution in [3.05, 3.63) is 23.8 Å². The molecule has 4 nitrogen and oxygen atoms in total. The molecule has 1 saturated carbocycles. The lowest BCUT2D eigenvalue weighted by molar-refractivity contribution is -0.137. The van der Waals surface area contributed by atoms with Crippen molar-refractivity contribution >= 4 is 5.78 Å². The Morgan fingerprint density at radius 3 is 2.71 bits per heavy atom. The molecule has 1 saturated heterocycles. The number of hydrogen-bond acceptors (Lipinski definition) is 4. The van der Waals surface area contributed by atoms with Gasteiger partial charge in [0.15, 0.2) is 17.3 Å². The van der Waals surface area contributed by atoms with E-state index in [2.05, 4.69) is 0 Å². The first-order valence-corrected chi connectivity index (χ1v) is 7.58. The zero-order valence-electron chi connectivity index (χ0n) is 12.7. The summed E-state index contributed by atoms with van der Waals surface area (Å²) in [4.78, 5) is 12.9. The van der Waals surface area contributed by atoms with E-state index in [4.69, 9.17) is 14.2 Å². The van der Waals surface area contributed by atoms with E-state index in [0.717, 1.165) is 25.7 Å². The van der Waals surface area contributed by atoms with Crippen LogP contribution in [0.5, 0.6) is 11.5 Å². The van der Waals surface area contributed by atoms with Gasteiger partial charge in [0.1, 0.15) is 0 Å². The molecule has 4 heteroatoms. The average Bonchev–Trinajstić information content (AvgIpc) is 2.51. The Labute approximate surface area is 125 Å². The summed E-state index contributed by atoms with van der Waals surface area (Å²) in [6.45, 7) is 0.683. The number of rotatable bonds is 4. The molecule has 1 heterocycles. The van der Waals surface area contributed by atoms with E-state index in [1.165, 1.54) is 6.42 Å². The van der Waals surface area contributed by atoms with Gasteiger partial charge in [0.05, 0.1) is 25.4 Å². The van der Waals surface area contributed by atoms with Crippen LogP contribution in [0, 0.1) is 5.92 Å². The molecule has 1 spiro atoms. The fourth-order valence-electron chi connectivity index (χ4n) is 3.47. The van der Waals surface area contributed by atoms with E-state index in [0.29, 0.717) is 23.7 Å². The van der Waals surface area contributed by atoms with Gasteiger partial charge in [-0.3, -0.25) is 4.79 Å². The summed E-state index contributed by atoms with van der Waals surface area (Å²) in [5.74, 6) is 1.33. The summed E-state index contributed by atoms with van der Waals surface area (Å²) in [6.07, 6.45) is 5.02. The second-order valence-electron chi connectivity index (χ2n) is 5.98. The van der Waals surface area contributed by atoms with Crippen molar-refractivity contribution in [2.75, 3.05) is 20.8 Å². The lowest BCUT2D eigenvalue weighted by Gasteiger charge is -2.46. The minimum absolute atomic E-state index is 0.0231. The third kappa shape index (κ3) is 2.53. The molecule has 1 aliphatic heterocycles. The van der Waals surface area contributed by atoms with Gasteiger partial charge in [0.25, 0.3) is 0 Å². The van der Waals surface area contributed by atoms with Gasteiger partial charge < -0.3 is 14.2 Å². The summed E-state index contributed by atoms with van der Waals surface area (Å²) >= 11 is 0. The van der Waals surface area contributed by atoms with Crippen molar-refractivity contribution in [1.29, 1.82) is 0 Å². The molecule has 1 aromatic rings. The molecule has 1 atom stereocenters. The maximum Gasteiger partial charge on any atom is 0.171 e. The molecular weight excluding hydrogens is 268 g/mol. The third-order valence-corrected chi connectivity index (χ3v) is 4.80. The first-order valence-electron chi connectivity index (χ1n) is 7.58. The highest BCUT2D eigenvalue weighted by atomic mass is 16.5. The van der Waals surface area contributed by atoms with E-state index in [9.17, 15) is 4.79 Å². The van der Waals surface area contributed by atoms with Crippen LogP contribution in [-0.4, -0.2) is 32.2 Å². The van der Waals surface area contributed by atoms with Crippen LogP contribution in [-0.2, 0) is 4.74 Å². The predicted molar refractivity (Wildman–Crippen MR) is 79.1 cm³/mol. The van der Waals surface area contributed by atoms with E-state index < -0.39 is 0 Å². The van der Waals surface area contributed by atoms with Gasteiger partial charge in [-0.15, -0.1) is 0 Å². The van der Waals surface area contributed by atoms with Crippen molar-refractivity contribution in [3.63, 3.8) is 0 Å². The zero-order valence-corrected chi connectivity index (χ0v) is 12.7. The van der Waals surface area contributed by atoms with Crippen molar-refractivity contribution in [3.8, 4) is 11.5 Å². The quantitative estimate of drug-likeness (QED) is 0.799. The summed E-state index contributed by atoms with van der Waals surface area (Å²) in [5.41, 5.74) is 0.600. The number of carbonyl (C=O) groups is 1. The van der Waals surface area contributed by atoms with Crippen molar-refractivity contribution in [1.82, 2.24) is 0 Å². The number of benzene rings is 1. The minimum atomic E-state index is -0.0231. The van der Waals surface area contributed by atoms with Crippen LogP contribution in [0.1, 0.15) is 42.5 Å². The Balaban J connectivity index is 1.84. The van der Waals surface area contributed by atoms with E-state index in [1.807, 2.05) is 18.2 Å². The SMILES string of the molecule is COc1cccc(C(=O)C2CCOC3(CCC3)C2)c1OC. The molecule has 0 N–H and O–H groups in total. The van der Waals surface area contributed by atoms with E-state index >= 15 is 0 Å². The maximum atomic E-state index is 12.9. The van der Waals surface area contributed by atoms with Crippen molar-refractivity contribution in [2.24, 2.45) is 5.92 Å². The lowest BCUT2D eigenvalue weighted by atomic mass is 9.70. The monoisotopic (exact) mass is 290 g/mol. The van der Waals surface area contributed by atoms with Gasteiger partial charge in [-0.2, -0.15) is 0 Å². The highest BCUT2D eigenvalue weighted by Gasteiger charge is 2.44. The molecule has 1 aliphatic carbocycles. The molecule has 21 heavy (non-hydrogen) atoms. The second kappa shape index (κ2) is 5.68.